The second kappa shape index (κ2) is 5.51. The van der Waals surface area contributed by atoms with Gasteiger partial charge in [-0.15, -0.1) is 0 Å². The fraction of sp³-hybridized carbons (Fsp3) is 0.529. The number of carbonyl (C=O) groups excluding carboxylic acids is 1. The maximum atomic E-state index is 12.9. The molecule has 0 aromatic heterocycles. The Morgan fingerprint density at radius 1 is 1.19 bits per heavy atom. The van der Waals surface area contributed by atoms with Crippen LogP contribution in [-0.2, 0) is 16.0 Å². The molecule has 4 nitrogen and oxygen atoms in total. The third kappa shape index (κ3) is 2.55. The number of fused-ring (bicyclic) bond motifs is 1. The number of carboxylic acid groups (broad SMARTS) is 1. The summed E-state index contributed by atoms with van der Waals surface area (Å²) in [6.45, 7) is 2.74. The van der Waals surface area contributed by atoms with Gasteiger partial charge in [-0.3, -0.25) is 9.59 Å². The number of aryl methyl sites for hydroxylation is 1. The quantitative estimate of drug-likeness (QED) is 0.910. The molecule has 0 bridgehead atoms. The van der Waals surface area contributed by atoms with E-state index in [1.54, 1.807) is 0 Å². The van der Waals surface area contributed by atoms with Crippen LogP contribution in [-0.4, -0.2) is 23.5 Å². The molecule has 2 aliphatic rings. The van der Waals surface area contributed by atoms with E-state index in [-0.39, 0.29) is 11.8 Å². The molecule has 3 rings (SSSR count). The Kier molecular flexibility index (Phi) is 3.70. The summed E-state index contributed by atoms with van der Waals surface area (Å²) in [6.07, 6.45) is 3.24. The number of nitrogens with zero attached hydrogens (tertiary/aromatic N) is 1. The molecule has 1 aliphatic heterocycles. The lowest BCUT2D eigenvalue weighted by molar-refractivity contribution is -0.145. The summed E-state index contributed by atoms with van der Waals surface area (Å²) in [7, 11) is 0. The molecule has 1 saturated carbocycles. The molecule has 1 heterocycles. The van der Waals surface area contributed by atoms with Crippen molar-refractivity contribution in [3.8, 4) is 0 Å². The number of carbonyl (C=O) groups is 2. The van der Waals surface area contributed by atoms with E-state index >= 15 is 0 Å². The van der Waals surface area contributed by atoms with E-state index in [2.05, 4.69) is 6.07 Å². The average Bonchev–Trinajstić information content (AvgIpc) is 2.88. The molecule has 21 heavy (non-hydrogen) atoms. The van der Waals surface area contributed by atoms with Gasteiger partial charge in [-0.2, -0.15) is 0 Å². The Morgan fingerprint density at radius 2 is 1.90 bits per heavy atom. The van der Waals surface area contributed by atoms with Crippen LogP contribution in [0.1, 0.15) is 31.7 Å². The number of hydrogen-bond donors (Lipinski definition) is 1. The van der Waals surface area contributed by atoms with Crippen LogP contribution in [0.3, 0.4) is 0 Å². The highest BCUT2D eigenvalue weighted by Gasteiger charge is 2.43. The van der Waals surface area contributed by atoms with Crippen molar-refractivity contribution >= 4 is 17.6 Å². The molecule has 4 heteroatoms. The lowest BCUT2D eigenvalue weighted by Gasteiger charge is -2.32. The molecule has 0 spiro atoms. The summed E-state index contributed by atoms with van der Waals surface area (Å²) < 4.78 is 0. The molecule has 1 amide bonds. The van der Waals surface area contributed by atoms with Crippen molar-refractivity contribution in [2.45, 2.75) is 32.6 Å². The summed E-state index contributed by atoms with van der Waals surface area (Å²) in [4.78, 5) is 26.1. The normalized spacial score (nSPS) is 28.2. The number of para-hydroxylation sites is 1. The highest BCUT2D eigenvalue weighted by atomic mass is 16.4. The van der Waals surface area contributed by atoms with Gasteiger partial charge in [-0.05, 0) is 43.2 Å². The highest BCUT2D eigenvalue weighted by molar-refractivity contribution is 5.98. The number of aliphatic carboxylic acids is 1. The van der Waals surface area contributed by atoms with Gasteiger partial charge >= 0.3 is 5.97 Å². The first-order valence-corrected chi connectivity index (χ1v) is 7.70. The van der Waals surface area contributed by atoms with Gasteiger partial charge in [0, 0.05) is 12.2 Å². The molecular weight excluding hydrogens is 266 g/mol. The monoisotopic (exact) mass is 287 g/mol. The lowest BCUT2D eigenvalue weighted by atomic mass is 9.92. The van der Waals surface area contributed by atoms with Crippen LogP contribution in [0.5, 0.6) is 0 Å². The van der Waals surface area contributed by atoms with Crippen LogP contribution in [0, 0.1) is 17.8 Å². The van der Waals surface area contributed by atoms with Gasteiger partial charge < -0.3 is 10.0 Å². The van der Waals surface area contributed by atoms with Crippen molar-refractivity contribution in [3.05, 3.63) is 29.8 Å². The minimum Gasteiger partial charge on any atom is -0.481 e. The largest absolute Gasteiger partial charge is 0.481 e. The first kappa shape index (κ1) is 14.1. The van der Waals surface area contributed by atoms with Crippen molar-refractivity contribution in [1.82, 2.24) is 0 Å². The Hall–Kier alpha value is -1.84. The topological polar surface area (TPSA) is 57.6 Å². The van der Waals surface area contributed by atoms with Crippen LogP contribution in [0.25, 0.3) is 0 Å². The second-order valence-corrected chi connectivity index (χ2v) is 6.35. The Labute approximate surface area is 124 Å². The van der Waals surface area contributed by atoms with Crippen molar-refractivity contribution < 1.29 is 14.7 Å². The van der Waals surface area contributed by atoms with E-state index < -0.39 is 11.9 Å². The molecule has 1 aromatic carbocycles. The predicted molar refractivity (Wildman–Crippen MR) is 80.1 cm³/mol. The van der Waals surface area contributed by atoms with Crippen LogP contribution in [0.2, 0.25) is 0 Å². The number of benzene rings is 1. The summed E-state index contributed by atoms with van der Waals surface area (Å²) >= 11 is 0. The van der Waals surface area contributed by atoms with E-state index in [9.17, 15) is 14.7 Å². The molecule has 1 N–H and O–H groups in total. The molecule has 0 saturated heterocycles. The molecular formula is C17H21NO3. The number of hydrogen-bond acceptors (Lipinski definition) is 2. The van der Waals surface area contributed by atoms with E-state index in [1.165, 1.54) is 5.56 Å². The Morgan fingerprint density at radius 3 is 2.67 bits per heavy atom. The first-order chi connectivity index (χ1) is 10.1. The van der Waals surface area contributed by atoms with E-state index in [0.29, 0.717) is 25.3 Å². The first-order valence-electron chi connectivity index (χ1n) is 7.70. The van der Waals surface area contributed by atoms with Gasteiger partial charge in [0.2, 0.25) is 5.91 Å². The molecule has 1 unspecified atom stereocenters. The minimum atomic E-state index is -0.831. The smallest absolute Gasteiger partial charge is 0.307 e. The third-order valence-electron chi connectivity index (χ3n) is 4.81. The van der Waals surface area contributed by atoms with Gasteiger partial charge in [0.15, 0.2) is 0 Å². The zero-order valence-corrected chi connectivity index (χ0v) is 12.3. The van der Waals surface area contributed by atoms with Gasteiger partial charge in [0.25, 0.3) is 0 Å². The summed E-state index contributed by atoms with van der Waals surface area (Å²) in [5.41, 5.74) is 2.16. The lowest BCUT2D eigenvalue weighted by Crippen LogP contribution is -2.42. The van der Waals surface area contributed by atoms with Gasteiger partial charge in [0.05, 0.1) is 11.8 Å². The van der Waals surface area contributed by atoms with Crippen molar-refractivity contribution in [1.29, 1.82) is 0 Å². The molecule has 1 fully saturated rings. The number of carboxylic acids is 1. The van der Waals surface area contributed by atoms with E-state index in [4.69, 9.17) is 0 Å². The maximum absolute atomic E-state index is 12.9. The average molecular weight is 287 g/mol. The summed E-state index contributed by atoms with van der Waals surface area (Å²) in [5, 5.41) is 9.37. The fourth-order valence-electron chi connectivity index (χ4n) is 3.80. The SMILES string of the molecule is CC1C[C@H](C(=O)N2CCCc3ccccc32)[C@H](C(=O)O)C1. The van der Waals surface area contributed by atoms with Crippen molar-refractivity contribution in [2.75, 3.05) is 11.4 Å². The number of rotatable bonds is 2. The molecule has 1 aliphatic carbocycles. The predicted octanol–water partition coefficient (Wildman–Crippen LogP) is 2.71. The molecule has 112 valence electrons. The number of anilines is 1. The summed E-state index contributed by atoms with van der Waals surface area (Å²) in [5.74, 6) is -1.42. The van der Waals surface area contributed by atoms with Crippen molar-refractivity contribution in [3.63, 3.8) is 0 Å². The fourth-order valence-corrected chi connectivity index (χ4v) is 3.80. The van der Waals surface area contributed by atoms with Gasteiger partial charge in [-0.1, -0.05) is 25.1 Å². The second-order valence-electron chi connectivity index (χ2n) is 6.35. The van der Waals surface area contributed by atoms with Crippen LogP contribution in [0.15, 0.2) is 24.3 Å². The standard InChI is InChI=1S/C17H21NO3/c1-11-9-13(14(10-11)17(20)21)16(19)18-8-4-6-12-5-2-3-7-15(12)18/h2-3,5,7,11,13-14H,4,6,8-10H2,1H3,(H,20,21)/t11?,13-,14+/m0/s1. The third-order valence-corrected chi connectivity index (χ3v) is 4.81. The van der Waals surface area contributed by atoms with Crippen molar-refractivity contribution in [2.24, 2.45) is 17.8 Å². The highest BCUT2D eigenvalue weighted by Crippen LogP contribution is 2.39. The van der Waals surface area contributed by atoms with E-state index in [0.717, 1.165) is 18.5 Å². The van der Waals surface area contributed by atoms with Crippen LogP contribution < -0.4 is 4.90 Å². The Bertz CT molecular complexity index is 569. The van der Waals surface area contributed by atoms with Gasteiger partial charge in [0.1, 0.15) is 0 Å². The Balaban J connectivity index is 1.87. The maximum Gasteiger partial charge on any atom is 0.307 e. The summed E-state index contributed by atoms with van der Waals surface area (Å²) in [6, 6.07) is 7.96. The zero-order valence-electron chi connectivity index (χ0n) is 12.3. The molecule has 1 aromatic rings. The van der Waals surface area contributed by atoms with E-state index in [1.807, 2.05) is 30.0 Å². The van der Waals surface area contributed by atoms with Gasteiger partial charge in [-0.25, -0.2) is 0 Å². The molecule has 3 atom stereocenters. The number of amides is 1. The van der Waals surface area contributed by atoms with Crippen LogP contribution >= 0.6 is 0 Å². The minimum absolute atomic E-state index is 0.00102. The zero-order chi connectivity index (χ0) is 15.0. The van der Waals surface area contributed by atoms with Crippen LogP contribution in [0.4, 0.5) is 5.69 Å². The molecule has 0 radical (unpaired) electrons.